The molecule has 4 nitrogen and oxygen atoms in total. The van der Waals surface area contributed by atoms with Crippen molar-refractivity contribution in [1.82, 2.24) is 5.32 Å². The Hall–Kier alpha value is -0.820. The Bertz CT molecular complexity index is 1020. The van der Waals surface area contributed by atoms with Crippen molar-refractivity contribution in [3.05, 3.63) is 62.6 Å². The van der Waals surface area contributed by atoms with Crippen LogP contribution in [-0.4, -0.2) is 33.7 Å². The molecule has 0 spiro atoms. The number of halogens is 5. The minimum atomic E-state index is -1.29. The molecule has 4 rings (SSSR count). The average Bonchev–Trinajstić information content (AvgIpc) is 2.99. The molecule has 164 valence electrons. The van der Waals surface area contributed by atoms with Gasteiger partial charge in [-0.25, -0.2) is 0 Å². The van der Waals surface area contributed by atoms with E-state index >= 15 is 0 Å². The van der Waals surface area contributed by atoms with Gasteiger partial charge in [0.05, 0.1) is 16.5 Å². The lowest BCUT2D eigenvalue weighted by atomic mass is 10.1. The van der Waals surface area contributed by atoms with Crippen LogP contribution in [0.25, 0.3) is 0 Å². The number of hydrogen-bond acceptors (Lipinski definition) is 3. The van der Waals surface area contributed by atoms with Gasteiger partial charge in [0.2, 0.25) is 5.91 Å². The number of hydrogen-bond donors (Lipinski definition) is 2. The molecule has 0 bridgehead atoms. The van der Waals surface area contributed by atoms with Gasteiger partial charge in [0.15, 0.2) is 0 Å². The van der Waals surface area contributed by atoms with Crippen molar-refractivity contribution in [2.75, 3.05) is 16.8 Å². The topological polar surface area (TPSA) is 58.2 Å². The fourth-order valence-electron chi connectivity index (χ4n) is 3.73. The smallest absolute Gasteiger partial charge is 0.253 e. The van der Waals surface area contributed by atoms with Crippen LogP contribution in [0.5, 0.6) is 0 Å². The zero-order chi connectivity index (χ0) is 22.3. The maximum Gasteiger partial charge on any atom is 0.253 e. The van der Waals surface area contributed by atoms with Gasteiger partial charge in [0.25, 0.3) is 5.91 Å². The highest BCUT2D eigenvalue weighted by Crippen LogP contribution is 2.65. The van der Waals surface area contributed by atoms with Crippen LogP contribution in [0.2, 0.25) is 15.1 Å². The molecule has 0 aromatic heterocycles. The molecule has 1 aliphatic carbocycles. The normalized spacial score (nSPS) is 24.0. The van der Waals surface area contributed by atoms with Crippen LogP contribution >= 0.6 is 69.8 Å². The molecule has 1 saturated carbocycles. The van der Waals surface area contributed by atoms with Crippen molar-refractivity contribution < 1.29 is 9.59 Å². The number of rotatable bonds is 5. The number of carbonyl (C=O) groups excluding carboxylic acids is 2. The van der Waals surface area contributed by atoms with Crippen molar-refractivity contribution in [3.8, 4) is 0 Å². The summed E-state index contributed by atoms with van der Waals surface area (Å²) < 4.78 is -1.29. The van der Waals surface area contributed by atoms with E-state index in [1.54, 1.807) is 48.2 Å². The lowest BCUT2D eigenvalue weighted by Crippen LogP contribution is -2.34. The summed E-state index contributed by atoms with van der Waals surface area (Å²) in [5.41, 5.74) is 1.42. The number of carbonyl (C=O) groups is 2. The second kappa shape index (κ2) is 9.20. The summed E-state index contributed by atoms with van der Waals surface area (Å²) in [6, 6.07) is 9.85. The lowest BCUT2D eigenvalue weighted by molar-refractivity contribution is -0.117. The molecular weight excluding hydrogens is 522 g/mol. The lowest BCUT2D eigenvalue weighted by Gasteiger charge is -2.13. The summed E-state index contributed by atoms with van der Waals surface area (Å²) >= 11 is 33.0. The van der Waals surface area contributed by atoms with Crippen molar-refractivity contribution >= 4 is 87.3 Å². The molecule has 2 aliphatic rings. The predicted molar refractivity (Wildman–Crippen MR) is 130 cm³/mol. The molecule has 1 saturated heterocycles. The van der Waals surface area contributed by atoms with Crippen LogP contribution in [0.3, 0.4) is 0 Å². The highest BCUT2D eigenvalue weighted by atomic mass is 35.5. The molecule has 2 fully saturated rings. The van der Waals surface area contributed by atoms with Gasteiger partial charge < -0.3 is 10.6 Å². The van der Waals surface area contributed by atoms with Crippen molar-refractivity contribution in [2.24, 2.45) is 5.92 Å². The summed E-state index contributed by atoms with van der Waals surface area (Å²) in [7, 11) is 0. The van der Waals surface area contributed by atoms with Crippen molar-refractivity contribution in [2.45, 2.75) is 22.7 Å². The average molecular weight is 539 g/mol. The Labute approximate surface area is 209 Å². The first-order chi connectivity index (χ1) is 14.7. The van der Waals surface area contributed by atoms with Crippen LogP contribution in [0.1, 0.15) is 28.3 Å². The first kappa shape index (κ1) is 23.3. The molecule has 2 aromatic rings. The fourth-order valence-corrected chi connectivity index (χ4v) is 6.46. The molecule has 10 heteroatoms. The van der Waals surface area contributed by atoms with E-state index in [1.165, 1.54) is 0 Å². The Kier molecular flexibility index (Phi) is 6.93. The molecule has 2 N–H and O–H groups in total. The molecule has 1 heterocycles. The SMILES string of the molecule is O=C(NC1CCSC1)c1cc(NC(=O)[C@@H]2[C@@H](c3cc(Cl)cc(Cl)c3)C2(Cl)Cl)ccc1Cl. The minimum Gasteiger partial charge on any atom is -0.348 e. The van der Waals surface area contributed by atoms with E-state index in [1.807, 2.05) is 0 Å². The summed E-state index contributed by atoms with van der Waals surface area (Å²) in [5, 5.41) is 6.95. The highest BCUT2D eigenvalue weighted by molar-refractivity contribution is 7.99. The summed E-state index contributed by atoms with van der Waals surface area (Å²) in [6.45, 7) is 0. The maximum absolute atomic E-state index is 12.9. The van der Waals surface area contributed by atoms with Crippen LogP contribution in [0, 0.1) is 5.92 Å². The molecule has 0 radical (unpaired) electrons. The summed E-state index contributed by atoms with van der Waals surface area (Å²) in [6.07, 6.45) is 0.925. The predicted octanol–water partition coefficient (Wildman–Crippen LogP) is 6.41. The van der Waals surface area contributed by atoms with Gasteiger partial charge in [-0.2, -0.15) is 11.8 Å². The first-order valence-corrected chi connectivity index (χ1v) is 12.5. The molecule has 1 aliphatic heterocycles. The third kappa shape index (κ3) is 5.07. The van der Waals surface area contributed by atoms with Gasteiger partial charge in [-0.3, -0.25) is 9.59 Å². The van der Waals surface area contributed by atoms with Crippen LogP contribution < -0.4 is 10.6 Å². The molecule has 3 atom stereocenters. The number of benzene rings is 2. The van der Waals surface area contributed by atoms with E-state index in [4.69, 9.17) is 58.0 Å². The Morgan fingerprint density at radius 3 is 2.39 bits per heavy atom. The quantitative estimate of drug-likeness (QED) is 0.433. The van der Waals surface area contributed by atoms with Crippen molar-refractivity contribution in [1.29, 1.82) is 0 Å². The van der Waals surface area contributed by atoms with E-state index in [2.05, 4.69) is 10.6 Å². The molecule has 1 unspecified atom stereocenters. The van der Waals surface area contributed by atoms with Crippen LogP contribution in [0.15, 0.2) is 36.4 Å². The van der Waals surface area contributed by atoms with E-state index < -0.39 is 16.2 Å². The Balaban J connectivity index is 1.49. The second-order valence-corrected chi connectivity index (χ2v) is 11.4. The van der Waals surface area contributed by atoms with E-state index in [-0.39, 0.29) is 17.9 Å². The van der Waals surface area contributed by atoms with Gasteiger partial charge >= 0.3 is 0 Å². The number of nitrogens with one attached hydrogen (secondary N) is 2. The zero-order valence-electron chi connectivity index (χ0n) is 15.9. The zero-order valence-corrected chi connectivity index (χ0v) is 20.5. The molecule has 2 aromatic carbocycles. The van der Waals surface area contributed by atoms with Crippen LogP contribution in [-0.2, 0) is 4.79 Å². The Morgan fingerprint density at radius 1 is 1.03 bits per heavy atom. The minimum absolute atomic E-state index is 0.122. The molecule has 2 amide bonds. The largest absolute Gasteiger partial charge is 0.348 e. The third-order valence-corrected chi connectivity index (χ3v) is 8.19. The first-order valence-electron chi connectivity index (χ1n) is 9.49. The van der Waals surface area contributed by atoms with Gasteiger partial charge in [-0.15, -0.1) is 23.2 Å². The van der Waals surface area contributed by atoms with Gasteiger partial charge in [-0.05, 0) is 54.1 Å². The van der Waals surface area contributed by atoms with E-state index in [9.17, 15) is 9.59 Å². The number of alkyl halides is 2. The summed E-state index contributed by atoms with van der Waals surface area (Å²) in [5.74, 6) is 0.107. The van der Waals surface area contributed by atoms with E-state index in [0.29, 0.717) is 31.9 Å². The van der Waals surface area contributed by atoms with Gasteiger partial charge in [0, 0.05) is 33.4 Å². The monoisotopic (exact) mass is 536 g/mol. The maximum atomic E-state index is 12.9. The van der Waals surface area contributed by atoms with Crippen LogP contribution in [0.4, 0.5) is 5.69 Å². The summed E-state index contributed by atoms with van der Waals surface area (Å²) in [4.78, 5) is 25.5. The number of thioether (sulfide) groups is 1. The highest BCUT2D eigenvalue weighted by Gasteiger charge is 2.67. The number of anilines is 1. The fraction of sp³-hybridized carbons (Fsp3) is 0.333. The standard InChI is InChI=1S/C21H17Cl5N2O2S/c22-11-5-10(6-12(23)7-11)17-18(21(17,25)26)20(30)27-13-1-2-16(24)15(8-13)19(29)28-14-3-4-31-9-14/h1-2,5-8,14,17-18H,3-4,9H2,(H,27,30)(H,28,29)/t14?,17-,18+/m1/s1. The van der Waals surface area contributed by atoms with Gasteiger partial charge in [-0.1, -0.05) is 34.8 Å². The number of amides is 2. The molecule has 31 heavy (non-hydrogen) atoms. The van der Waals surface area contributed by atoms with Crippen molar-refractivity contribution in [3.63, 3.8) is 0 Å². The van der Waals surface area contributed by atoms with E-state index in [0.717, 1.165) is 17.9 Å². The molecular formula is C21H17Cl5N2O2S. The van der Waals surface area contributed by atoms with Gasteiger partial charge in [0.1, 0.15) is 4.33 Å². The second-order valence-electron chi connectivity index (χ2n) is 7.55. The third-order valence-electron chi connectivity index (χ3n) is 5.32. The Morgan fingerprint density at radius 2 is 1.74 bits per heavy atom.